The minimum atomic E-state index is -0.878. The Morgan fingerprint density at radius 2 is 2.00 bits per heavy atom. The number of carboxylic acids is 1. The summed E-state index contributed by atoms with van der Waals surface area (Å²) < 4.78 is 0. The molecule has 0 fully saturated rings. The van der Waals surface area contributed by atoms with Crippen LogP contribution in [0.5, 0.6) is 5.75 Å². The molecular formula is C14H21NO3. The molecule has 1 aromatic rings. The standard InChI is InChI=1S/C14H21NO3/c1-14(2,3)9-4-6-12(16)10(8-9)11(15)5-7-13(17)18/h4,6,8,11,16H,5,7,15H2,1-3H3,(H,17,18). The third-order valence-electron chi connectivity index (χ3n) is 2.96. The van der Waals surface area contributed by atoms with Crippen LogP contribution >= 0.6 is 0 Å². The average Bonchev–Trinajstić information content (AvgIpc) is 2.24. The Morgan fingerprint density at radius 3 is 2.50 bits per heavy atom. The molecule has 1 atom stereocenters. The van der Waals surface area contributed by atoms with Gasteiger partial charge in [0.15, 0.2) is 0 Å². The smallest absolute Gasteiger partial charge is 0.303 e. The number of benzene rings is 1. The first-order chi connectivity index (χ1) is 8.21. The van der Waals surface area contributed by atoms with Gasteiger partial charge in [-0.3, -0.25) is 4.79 Å². The fraction of sp³-hybridized carbons (Fsp3) is 0.500. The van der Waals surface area contributed by atoms with Gasteiger partial charge in [0.05, 0.1) is 0 Å². The Morgan fingerprint density at radius 1 is 1.39 bits per heavy atom. The Kier molecular flexibility index (Phi) is 4.35. The molecule has 0 radical (unpaired) electrons. The zero-order valence-corrected chi connectivity index (χ0v) is 11.1. The van der Waals surface area contributed by atoms with E-state index in [1.54, 1.807) is 6.07 Å². The van der Waals surface area contributed by atoms with Crippen molar-refractivity contribution < 1.29 is 15.0 Å². The van der Waals surface area contributed by atoms with Gasteiger partial charge in [0.25, 0.3) is 0 Å². The van der Waals surface area contributed by atoms with Gasteiger partial charge in [0.1, 0.15) is 5.75 Å². The molecule has 1 unspecified atom stereocenters. The van der Waals surface area contributed by atoms with Crippen LogP contribution in [0.3, 0.4) is 0 Å². The monoisotopic (exact) mass is 251 g/mol. The second-order valence-corrected chi connectivity index (χ2v) is 5.56. The molecule has 4 nitrogen and oxygen atoms in total. The summed E-state index contributed by atoms with van der Waals surface area (Å²) in [5.41, 5.74) is 7.59. The fourth-order valence-corrected chi connectivity index (χ4v) is 1.75. The van der Waals surface area contributed by atoms with Gasteiger partial charge in [-0.15, -0.1) is 0 Å². The summed E-state index contributed by atoms with van der Waals surface area (Å²) in [4.78, 5) is 10.5. The number of carbonyl (C=O) groups is 1. The highest BCUT2D eigenvalue weighted by Crippen LogP contribution is 2.31. The van der Waals surface area contributed by atoms with E-state index >= 15 is 0 Å². The van der Waals surface area contributed by atoms with Crippen LogP contribution in [0.15, 0.2) is 18.2 Å². The zero-order chi connectivity index (χ0) is 13.9. The number of carboxylic acid groups (broad SMARTS) is 1. The molecule has 0 aliphatic carbocycles. The number of phenols is 1. The lowest BCUT2D eigenvalue weighted by Gasteiger charge is -2.22. The first-order valence-electron chi connectivity index (χ1n) is 6.02. The van der Waals surface area contributed by atoms with Crippen LogP contribution in [0.2, 0.25) is 0 Å². The van der Waals surface area contributed by atoms with E-state index in [9.17, 15) is 9.90 Å². The van der Waals surface area contributed by atoms with Crippen molar-refractivity contribution in [2.24, 2.45) is 5.73 Å². The zero-order valence-electron chi connectivity index (χ0n) is 11.1. The first kappa shape index (κ1) is 14.5. The largest absolute Gasteiger partial charge is 0.508 e. The molecule has 0 saturated heterocycles. The van der Waals surface area contributed by atoms with E-state index in [1.807, 2.05) is 12.1 Å². The highest BCUT2D eigenvalue weighted by molar-refractivity contribution is 5.66. The van der Waals surface area contributed by atoms with E-state index < -0.39 is 12.0 Å². The number of nitrogens with two attached hydrogens (primary N) is 1. The number of hydrogen-bond donors (Lipinski definition) is 3. The quantitative estimate of drug-likeness (QED) is 0.768. The van der Waals surface area contributed by atoms with Gasteiger partial charge in [0, 0.05) is 18.0 Å². The molecule has 0 aromatic heterocycles. The van der Waals surface area contributed by atoms with E-state index in [4.69, 9.17) is 10.8 Å². The fourth-order valence-electron chi connectivity index (χ4n) is 1.75. The van der Waals surface area contributed by atoms with Crippen LogP contribution in [0.1, 0.15) is 50.8 Å². The lowest BCUT2D eigenvalue weighted by Crippen LogP contribution is -2.16. The predicted molar refractivity (Wildman–Crippen MR) is 70.6 cm³/mol. The Labute approximate surface area is 107 Å². The van der Waals surface area contributed by atoms with Gasteiger partial charge in [-0.05, 0) is 23.5 Å². The van der Waals surface area contributed by atoms with Crippen molar-refractivity contribution in [3.05, 3.63) is 29.3 Å². The maximum Gasteiger partial charge on any atom is 0.303 e. The van der Waals surface area contributed by atoms with Gasteiger partial charge >= 0.3 is 5.97 Å². The van der Waals surface area contributed by atoms with Gasteiger partial charge in [-0.1, -0.05) is 32.9 Å². The highest BCUT2D eigenvalue weighted by atomic mass is 16.4. The molecule has 1 aromatic carbocycles. The van der Waals surface area contributed by atoms with Gasteiger partial charge in [-0.2, -0.15) is 0 Å². The van der Waals surface area contributed by atoms with Crippen molar-refractivity contribution in [3.8, 4) is 5.75 Å². The highest BCUT2D eigenvalue weighted by Gasteiger charge is 2.18. The van der Waals surface area contributed by atoms with Crippen molar-refractivity contribution in [1.82, 2.24) is 0 Å². The third-order valence-corrected chi connectivity index (χ3v) is 2.96. The number of aromatic hydroxyl groups is 1. The molecule has 1 rings (SSSR count). The number of aliphatic carboxylic acids is 1. The summed E-state index contributed by atoms with van der Waals surface area (Å²) in [7, 11) is 0. The maximum absolute atomic E-state index is 10.5. The number of hydrogen-bond acceptors (Lipinski definition) is 3. The summed E-state index contributed by atoms with van der Waals surface area (Å²) >= 11 is 0. The van der Waals surface area contributed by atoms with Crippen molar-refractivity contribution in [2.45, 2.75) is 45.1 Å². The topological polar surface area (TPSA) is 83.5 Å². The van der Waals surface area contributed by atoms with Crippen molar-refractivity contribution in [3.63, 3.8) is 0 Å². The SMILES string of the molecule is CC(C)(C)c1ccc(O)c(C(N)CCC(=O)O)c1. The summed E-state index contributed by atoms with van der Waals surface area (Å²) in [6.07, 6.45) is 0.316. The van der Waals surface area contributed by atoms with Crippen molar-refractivity contribution in [2.75, 3.05) is 0 Å². The minimum absolute atomic E-state index is 0.000349. The van der Waals surface area contributed by atoms with Crippen LogP contribution in [0, 0.1) is 0 Å². The molecule has 4 N–H and O–H groups in total. The predicted octanol–water partition coefficient (Wildman–Crippen LogP) is 2.55. The molecule has 18 heavy (non-hydrogen) atoms. The average molecular weight is 251 g/mol. The Balaban J connectivity index is 2.97. The van der Waals surface area contributed by atoms with Gasteiger partial charge in [-0.25, -0.2) is 0 Å². The van der Waals surface area contributed by atoms with E-state index in [0.717, 1.165) is 5.56 Å². The van der Waals surface area contributed by atoms with Crippen LogP contribution < -0.4 is 5.73 Å². The van der Waals surface area contributed by atoms with E-state index in [2.05, 4.69) is 20.8 Å². The summed E-state index contributed by atoms with van der Waals surface area (Å²) in [6.45, 7) is 6.23. The molecule has 100 valence electrons. The van der Waals surface area contributed by atoms with Gasteiger partial charge < -0.3 is 15.9 Å². The molecule has 0 bridgehead atoms. The lowest BCUT2D eigenvalue weighted by molar-refractivity contribution is -0.137. The van der Waals surface area contributed by atoms with Crippen LogP contribution in [-0.4, -0.2) is 16.2 Å². The minimum Gasteiger partial charge on any atom is -0.508 e. The number of phenolic OH excluding ortho intramolecular Hbond substituents is 1. The second kappa shape index (κ2) is 5.40. The van der Waals surface area contributed by atoms with E-state index in [-0.39, 0.29) is 17.6 Å². The molecule has 4 heteroatoms. The van der Waals surface area contributed by atoms with Crippen molar-refractivity contribution in [1.29, 1.82) is 0 Å². The molecule has 0 aliphatic heterocycles. The van der Waals surface area contributed by atoms with Crippen molar-refractivity contribution >= 4 is 5.97 Å². The molecule has 0 spiro atoms. The van der Waals surface area contributed by atoms with Gasteiger partial charge in [0.2, 0.25) is 0 Å². The van der Waals surface area contributed by atoms with Crippen LogP contribution in [0.25, 0.3) is 0 Å². The number of rotatable bonds is 4. The lowest BCUT2D eigenvalue weighted by atomic mass is 9.85. The third kappa shape index (κ3) is 3.74. The summed E-state index contributed by atoms with van der Waals surface area (Å²) in [5, 5.41) is 18.5. The van der Waals surface area contributed by atoms with Crippen LogP contribution in [0.4, 0.5) is 0 Å². The normalized spacial score (nSPS) is 13.3. The molecule has 0 aliphatic rings. The summed E-state index contributed by atoms with van der Waals surface area (Å²) in [5.74, 6) is -0.752. The Hall–Kier alpha value is -1.55. The van der Waals surface area contributed by atoms with Crippen LogP contribution in [-0.2, 0) is 10.2 Å². The molecule has 0 saturated carbocycles. The molecule has 0 amide bonds. The van der Waals surface area contributed by atoms with E-state index in [1.165, 1.54) is 0 Å². The maximum atomic E-state index is 10.5. The first-order valence-corrected chi connectivity index (χ1v) is 6.02. The second-order valence-electron chi connectivity index (χ2n) is 5.56. The molecular weight excluding hydrogens is 230 g/mol. The summed E-state index contributed by atoms with van der Waals surface area (Å²) in [6, 6.07) is 4.89. The van der Waals surface area contributed by atoms with E-state index in [0.29, 0.717) is 12.0 Å². The Bertz CT molecular complexity index is 435. The molecule has 0 heterocycles.